The van der Waals surface area contributed by atoms with Gasteiger partial charge in [-0.3, -0.25) is 0 Å². The van der Waals surface area contributed by atoms with Gasteiger partial charge in [0.15, 0.2) is 0 Å². The normalized spacial score (nSPS) is 14.1. The minimum Gasteiger partial charge on any atom is -0.508 e. The van der Waals surface area contributed by atoms with Crippen LogP contribution in [0.3, 0.4) is 0 Å². The quantitative estimate of drug-likeness (QED) is 0.766. The molecule has 2 atom stereocenters. The van der Waals surface area contributed by atoms with Gasteiger partial charge in [-0.15, -0.1) is 0 Å². The van der Waals surface area contributed by atoms with E-state index in [4.69, 9.17) is 4.74 Å². The number of rotatable bonds is 6. The summed E-state index contributed by atoms with van der Waals surface area (Å²) >= 11 is 0. The molecular formula is C18H20O4. The van der Waals surface area contributed by atoms with E-state index in [1.54, 1.807) is 55.6 Å². The van der Waals surface area contributed by atoms with Gasteiger partial charge < -0.3 is 20.1 Å². The number of aromatic hydroxyl groups is 2. The predicted octanol–water partition coefficient (Wildman–Crippen LogP) is 3.25. The van der Waals surface area contributed by atoms with Crippen molar-refractivity contribution in [3.05, 3.63) is 65.7 Å². The fourth-order valence-corrected chi connectivity index (χ4v) is 2.23. The molecular weight excluding hydrogens is 280 g/mol. The van der Waals surface area contributed by atoms with Gasteiger partial charge in [0.25, 0.3) is 0 Å². The number of methoxy groups -OCH3 is 1. The third-order valence-corrected chi connectivity index (χ3v) is 3.41. The molecule has 0 unspecified atom stereocenters. The molecule has 2 aromatic carbocycles. The molecule has 0 heterocycles. The zero-order chi connectivity index (χ0) is 15.9. The van der Waals surface area contributed by atoms with Crippen molar-refractivity contribution in [3.8, 4) is 11.5 Å². The summed E-state index contributed by atoms with van der Waals surface area (Å²) in [5.41, 5.74) is 1.76. The molecule has 0 aliphatic heterocycles. The van der Waals surface area contributed by atoms with Crippen LogP contribution in [0.1, 0.15) is 23.7 Å². The lowest BCUT2D eigenvalue weighted by atomic mass is 10.0. The van der Waals surface area contributed by atoms with E-state index < -0.39 is 12.2 Å². The maximum atomic E-state index is 10.3. The summed E-state index contributed by atoms with van der Waals surface area (Å²) in [6.07, 6.45) is 3.03. The summed E-state index contributed by atoms with van der Waals surface area (Å²) in [5, 5.41) is 28.8. The van der Waals surface area contributed by atoms with Crippen LogP contribution in [0.15, 0.2) is 54.6 Å². The molecule has 0 saturated heterocycles. The molecule has 0 saturated carbocycles. The van der Waals surface area contributed by atoms with Gasteiger partial charge >= 0.3 is 0 Å². The van der Waals surface area contributed by atoms with Crippen LogP contribution in [0.5, 0.6) is 11.5 Å². The summed E-state index contributed by atoms with van der Waals surface area (Å²) < 4.78 is 5.36. The zero-order valence-corrected chi connectivity index (χ0v) is 12.4. The van der Waals surface area contributed by atoms with Crippen LogP contribution < -0.4 is 0 Å². The zero-order valence-electron chi connectivity index (χ0n) is 12.4. The lowest BCUT2D eigenvalue weighted by Gasteiger charge is -2.21. The molecule has 0 amide bonds. The molecule has 3 N–H and O–H groups in total. The Hall–Kier alpha value is -2.30. The maximum absolute atomic E-state index is 10.3. The van der Waals surface area contributed by atoms with E-state index in [0.717, 1.165) is 11.1 Å². The van der Waals surface area contributed by atoms with E-state index in [0.29, 0.717) is 6.42 Å². The first kappa shape index (κ1) is 16.1. The minimum absolute atomic E-state index is 0.181. The van der Waals surface area contributed by atoms with Crippen LogP contribution >= 0.6 is 0 Å². The van der Waals surface area contributed by atoms with Crippen LogP contribution in [0, 0.1) is 0 Å². The number of benzene rings is 2. The number of phenolic OH excluding ortho intramolecular Hbond substituents is 2. The van der Waals surface area contributed by atoms with Crippen molar-refractivity contribution >= 4 is 6.08 Å². The number of aliphatic hydroxyl groups excluding tert-OH is 1. The van der Waals surface area contributed by atoms with Gasteiger partial charge in [0.2, 0.25) is 0 Å². The van der Waals surface area contributed by atoms with Gasteiger partial charge in [0.05, 0.1) is 6.10 Å². The van der Waals surface area contributed by atoms with E-state index in [-0.39, 0.29) is 11.5 Å². The van der Waals surface area contributed by atoms with Crippen LogP contribution in [0.2, 0.25) is 0 Å². The number of ether oxygens (including phenoxy) is 1. The topological polar surface area (TPSA) is 69.9 Å². The van der Waals surface area contributed by atoms with Gasteiger partial charge in [-0.25, -0.2) is 0 Å². The van der Waals surface area contributed by atoms with Gasteiger partial charge in [0.1, 0.15) is 17.6 Å². The first-order valence-electron chi connectivity index (χ1n) is 7.05. The number of hydrogen-bond donors (Lipinski definition) is 3. The second-order valence-corrected chi connectivity index (χ2v) is 5.04. The molecule has 0 aromatic heterocycles. The summed E-state index contributed by atoms with van der Waals surface area (Å²) in [6, 6.07) is 13.4. The number of hydrogen-bond acceptors (Lipinski definition) is 4. The van der Waals surface area contributed by atoms with Crippen LogP contribution in [0.25, 0.3) is 6.08 Å². The molecule has 0 bridgehead atoms. The van der Waals surface area contributed by atoms with E-state index in [2.05, 4.69) is 0 Å². The predicted molar refractivity (Wildman–Crippen MR) is 85.6 cm³/mol. The summed E-state index contributed by atoms with van der Waals surface area (Å²) in [6.45, 7) is 0. The largest absolute Gasteiger partial charge is 0.508 e. The van der Waals surface area contributed by atoms with Crippen molar-refractivity contribution in [2.45, 2.75) is 18.6 Å². The maximum Gasteiger partial charge on any atom is 0.115 e. The average molecular weight is 300 g/mol. The molecule has 0 aliphatic rings. The highest BCUT2D eigenvalue weighted by Crippen LogP contribution is 2.25. The number of aliphatic hydroxyl groups is 1. The lowest BCUT2D eigenvalue weighted by molar-refractivity contribution is -0.0114. The molecule has 116 valence electrons. The SMILES string of the molecule is CO[C@@H](c1ccc(O)cc1)[C@H](O)C/C=C\c1ccc(O)cc1. The van der Waals surface area contributed by atoms with Crippen LogP contribution in [-0.2, 0) is 4.74 Å². The second-order valence-electron chi connectivity index (χ2n) is 5.04. The summed E-state index contributed by atoms with van der Waals surface area (Å²) in [4.78, 5) is 0. The Labute approximate surface area is 129 Å². The smallest absolute Gasteiger partial charge is 0.115 e. The Kier molecular flexibility index (Phi) is 5.58. The van der Waals surface area contributed by atoms with Crippen molar-refractivity contribution < 1.29 is 20.1 Å². The second kappa shape index (κ2) is 7.64. The highest BCUT2D eigenvalue weighted by atomic mass is 16.5. The highest BCUT2D eigenvalue weighted by Gasteiger charge is 2.19. The summed E-state index contributed by atoms with van der Waals surface area (Å²) in [5.74, 6) is 0.407. The van der Waals surface area contributed by atoms with Crippen molar-refractivity contribution in [3.63, 3.8) is 0 Å². The Morgan fingerprint density at radius 2 is 1.50 bits per heavy atom. The molecule has 2 rings (SSSR count). The molecule has 22 heavy (non-hydrogen) atoms. The molecule has 0 spiro atoms. The molecule has 2 aromatic rings. The first-order chi connectivity index (χ1) is 10.6. The molecule has 4 heteroatoms. The third kappa shape index (κ3) is 4.35. The van der Waals surface area contributed by atoms with Crippen molar-refractivity contribution in [1.29, 1.82) is 0 Å². The van der Waals surface area contributed by atoms with Crippen molar-refractivity contribution in [2.75, 3.05) is 7.11 Å². The Bertz CT molecular complexity index is 602. The van der Waals surface area contributed by atoms with Crippen molar-refractivity contribution in [2.24, 2.45) is 0 Å². The molecule has 0 radical (unpaired) electrons. The summed E-state index contributed by atoms with van der Waals surface area (Å²) in [7, 11) is 1.55. The fraction of sp³-hybridized carbons (Fsp3) is 0.222. The van der Waals surface area contributed by atoms with Crippen LogP contribution in [-0.4, -0.2) is 28.5 Å². The molecule has 0 fully saturated rings. The third-order valence-electron chi connectivity index (χ3n) is 3.41. The lowest BCUT2D eigenvalue weighted by Crippen LogP contribution is -2.19. The fourth-order valence-electron chi connectivity index (χ4n) is 2.23. The molecule has 0 aliphatic carbocycles. The minimum atomic E-state index is -0.692. The van der Waals surface area contributed by atoms with Gasteiger partial charge in [-0.05, 0) is 41.8 Å². The average Bonchev–Trinajstić information content (AvgIpc) is 2.52. The van der Waals surface area contributed by atoms with E-state index >= 15 is 0 Å². The Morgan fingerprint density at radius 3 is 2.05 bits per heavy atom. The van der Waals surface area contributed by atoms with Gasteiger partial charge in [0, 0.05) is 7.11 Å². The standard InChI is InChI=1S/C18H20O4/c1-22-18(14-7-11-16(20)12-8-14)17(21)4-2-3-13-5-9-15(19)10-6-13/h2-3,5-12,17-21H,4H2,1H3/b3-2-/t17-,18+/m1/s1. The Morgan fingerprint density at radius 1 is 0.955 bits per heavy atom. The van der Waals surface area contributed by atoms with Crippen molar-refractivity contribution in [1.82, 2.24) is 0 Å². The van der Waals surface area contributed by atoms with E-state index in [1.165, 1.54) is 0 Å². The van der Waals surface area contributed by atoms with Gasteiger partial charge in [-0.1, -0.05) is 36.4 Å². The van der Waals surface area contributed by atoms with E-state index in [9.17, 15) is 15.3 Å². The Balaban J connectivity index is 1.98. The van der Waals surface area contributed by atoms with Crippen LogP contribution in [0.4, 0.5) is 0 Å². The number of phenols is 2. The molecule has 4 nitrogen and oxygen atoms in total. The monoisotopic (exact) mass is 300 g/mol. The van der Waals surface area contributed by atoms with E-state index in [1.807, 2.05) is 12.2 Å². The van der Waals surface area contributed by atoms with Gasteiger partial charge in [-0.2, -0.15) is 0 Å². The first-order valence-corrected chi connectivity index (χ1v) is 7.05. The highest BCUT2D eigenvalue weighted by molar-refractivity contribution is 5.50.